The number of hydrogen-bond acceptors (Lipinski definition) is 5. The lowest BCUT2D eigenvalue weighted by atomic mass is 10.0. The van der Waals surface area contributed by atoms with E-state index in [9.17, 15) is 4.79 Å². The standard InChI is InChI=1S/C24H34N4O2/c1-24(2,3)30-23(29)28-16-14-27(15-17-28)22-9-8-21(19-6-4-5-7-20(19)22)26-18-10-12-25-13-11-18/h4-9,18,25-26H,10-17H2,1-3H3. The van der Waals surface area contributed by atoms with E-state index in [0.717, 1.165) is 39.0 Å². The van der Waals surface area contributed by atoms with E-state index in [-0.39, 0.29) is 6.09 Å². The molecule has 0 spiro atoms. The SMILES string of the molecule is CC(C)(C)OC(=O)N1CCN(c2ccc(NC3CCNCC3)c3ccccc23)CC1. The van der Waals surface area contributed by atoms with Crippen LogP contribution < -0.4 is 15.5 Å². The lowest BCUT2D eigenvalue weighted by Gasteiger charge is -2.37. The van der Waals surface area contributed by atoms with Crippen LogP contribution in [-0.2, 0) is 4.74 Å². The lowest BCUT2D eigenvalue weighted by Crippen LogP contribution is -2.50. The van der Waals surface area contributed by atoms with Crippen molar-refractivity contribution >= 4 is 28.2 Å². The third-order valence-electron chi connectivity index (χ3n) is 5.87. The number of piperidine rings is 1. The first-order chi connectivity index (χ1) is 14.4. The van der Waals surface area contributed by atoms with Crippen LogP contribution in [-0.4, -0.2) is 61.9 Å². The van der Waals surface area contributed by atoms with Crippen molar-refractivity contribution in [2.75, 3.05) is 49.5 Å². The van der Waals surface area contributed by atoms with Crippen molar-refractivity contribution in [3.63, 3.8) is 0 Å². The Bertz CT molecular complexity index is 878. The van der Waals surface area contributed by atoms with Gasteiger partial charge in [0, 0.05) is 54.4 Å². The van der Waals surface area contributed by atoms with Gasteiger partial charge in [-0.1, -0.05) is 24.3 Å². The molecule has 2 N–H and O–H groups in total. The molecule has 0 unspecified atom stereocenters. The highest BCUT2D eigenvalue weighted by Crippen LogP contribution is 2.33. The van der Waals surface area contributed by atoms with Crippen LogP contribution in [0.25, 0.3) is 10.8 Å². The fourth-order valence-corrected chi connectivity index (χ4v) is 4.33. The fourth-order valence-electron chi connectivity index (χ4n) is 4.33. The fraction of sp³-hybridized carbons (Fsp3) is 0.542. The molecular weight excluding hydrogens is 376 g/mol. The number of anilines is 2. The summed E-state index contributed by atoms with van der Waals surface area (Å²) in [5, 5.41) is 9.73. The van der Waals surface area contributed by atoms with E-state index in [4.69, 9.17) is 4.74 Å². The molecule has 4 rings (SSSR count). The van der Waals surface area contributed by atoms with E-state index < -0.39 is 5.60 Å². The molecule has 2 aromatic rings. The second-order valence-corrected chi connectivity index (χ2v) is 9.30. The van der Waals surface area contributed by atoms with Gasteiger partial charge in [0.2, 0.25) is 0 Å². The molecule has 0 atom stereocenters. The van der Waals surface area contributed by atoms with Crippen LogP contribution in [0.2, 0.25) is 0 Å². The Morgan fingerprint density at radius 1 is 1.00 bits per heavy atom. The van der Waals surface area contributed by atoms with Gasteiger partial charge in [-0.2, -0.15) is 0 Å². The van der Waals surface area contributed by atoms with Gasteiger partial charge in [0.05, 0.1) is 0 Å². The maximum absolute atomic E-state index is 12.4. The Morgan fingerprint density at radius 3 is 2.33 bits per heavy atom. The number of nitrogens with one attached hydrogen (secondary N) is 2. The van der Waals surface area contributed by atoms with Gasteiger partial charge in [0.1, 0.15) is 5.60 Å². The molecule has 6 heteroatoms. The molecule has 30 heavy (non-hydrogen) atoms. The zero-order chi connectivity index (χ0) is 21.1. The van der Waals surface area contributed by atoms with Crippen LogP contribution in [0, 0.1) is 0 Å². The average Bonchev–Trinajstić information content (AvgIpc) is 2.74. The number of hydrogen-bond donors (Lipinski definition) is 2. The van der Waals surface area contributed by atoms with E-state index in [1.54, 1.807) is 0 Å². The Kier molecular flexibility index (Phi) is 6.04. The van der Waals surface area contributed by atoms with Crippen molar-refractivity contribution in [1.29, 1.82) is 0 Å². The number of fused-ring (bicyclic) bond motifs is 1. The number of ether oxygens (including phenoxy) is 1. The summed E-state index contributed by atoms with van der Waals surface area (Å²) in [4.78, 5) is 16.6. The summed E-state index contributed by atoms with van der Waals surface area (Å²) in [6.45, 7) is 10.9. The minimum absolute atomic E-state index is 0.214. The third kappa shape index (κ3) is 4.81. The molecule has 2 heterocycles. The maximum Gasteiger partial charge on any atom is 0.410 e. The first-order valence-corrected chi connectivity index (χ1v) is 11.1. The van der Waals surface area contributed by atoms with Crippen molar-refractivity contribution in [1.82, 2.24) is 10.2 Å². The number of amides is 1. The highest BCUT2D eigenvalue weighted by atomic mass is 16.6. The monoisotopic (exact) mass is 410 g/mol. The van der Waals surface area contributed by atoms with Crippen LogP contribution >= 0.6 is 0 Å². The summed E-state index contributed by atoms with van der Waals surface area (Å²) in [7, 11) is 0. The van der Waals surface area contributed by atoms with Crippen LogP contribution in [0.15, 0.2) is 36.4 Å². The van der Waals surface area contributed by atoms with Crippen molar-refractivity contribution in [3.8, 4) is 0 Å². The van der Waals surface area contributed by atoms with E-state index in [1.807, 2.05) is 25.7 Å². The summed E-state index contributed by atoms with van der Waals surface area (Å²) >= 11 is 0. The van der Waals surface area contributed by atoms with Gasteiger partial charge in [0.25, 0.3) is 0 Å². The molecule has 0 aromatic heterocycles. The molecular formula is C24H34N4O2. The second-order valence-electron chi connectivity index (χ2n) is 9.30. The van der Waals surface area contributed by atoms with Gasteiger partial charge in [-0.05, 0) is 58.8 Å². The van der Waals surface area contributed by atoms with Gasteiger partial charge in [0.15, 0.2) is 0 Å². The minimum Gasteiger partial charge on any atom is -0.444 e. The largest absolute Gasteiger partial charge is 0.444 e. The van der Waals surface area contributed by atoms with Crippen LogP contribution in [0.1, 0.15) is 33.6 Å². The summed E-state index contributed by atoms with van der Waals surface area (Å²) in [5.41, 5.74) is 2.00. The maximum atomic E-state index is 12.4. The van der Waals surface area contributed by atoms with Gasteiger partial charge < -0.3 is 25.2 Å². The molecule has 1 amide bonds. The Labute approximate surface area is 179 Å². The van der Waals surface area contributed by atoms with E-state index in [2.05, 4.69) is 51.9 Å². The zero-order valence-electron chi connectivity index (χ0n) is 18.4. The number of nitrogens with zero attached hydrogens (tertiary/aromatic N) is 2. The molecule has 0 radical (unpaired) electrons. The van der Waals surface area contributed by atoms with Crippen molar-refractivity contribution < 1.29 is 9.53 Å². The summed E-state index contributed by atoms with van der Waals surface area (Å²) < 4.78 is 5.53. The molecule has 2 aromatic carbocycles. The predicted octanol–water partition coefficient (Wildman–Crippen LogP) is 4.06. The molecule has 2 aliphatic rings. The molecule has 2 saturated heterocycles. The van der Waals surface area contributed by atoms with Gasteiger partial charge >= 0.3 is 6.09 Å². The first-order valence-electron chi connectivity index (χ1n) is 11.1. The van der Waals surface area contributed by atoms with Gasteiger partial charge in [-0.15, -0.1) is 0 Å². The number of carbonyl (C=O) groups excluding carboxylic acids is 1. The van der Waals surface area contributed by atoms with E-state index >= 15 is 0 Å². The van der Waals surface area contributed by atoms with Crippen molar-refractivity contribution in [2.45, 2.75) is 45.3 Å². The van der Waals surface area contributed by atoms with Crippen molar-refractivity contribution in [2.24, 2.45) is 0 Å². The highest BCUT2D eigenvalue weighted by molar-refractivity contribution is 6.02. The molecule has 6 nitrogen and oxygen atoms in total. The molecule has 2 fully saturated rings. The topological polar surface area (TPSA) is 56.8 Å². The number of carbonyl (C=O) groups is 1. The normalized spacial score (nSPS) is 18.5. The Hall–Kier alpha value is -2.47. The Morgan fingerprint density at radius 2 is 1.67 bits per heavy atom. The van der Waals surface area contributed by atoms with Gasteiger partial charge in [-0.25, -0.2) is 4.79 Å². The van der Waals surface area contributed by atoms with Gasteiger partial charge in [-0.3, -0.25) is 0 Å². The third-order valence-corrected chi connectivity index (χ3v) is 5.87. The number of benzene rings is 2. The molecule has 2 aliphatic heterocycles. The molecule has 162 valence electrons. The second kappa shape index (κ2) is 8.72. The number of piperazine rings is 1. The summed E-state index contributed by atoms with van der Waals surface area (Å²) in [5.74, 6) is 0. The minimum atomic E-state index is -0.457. The zero-order valence-corrected chi connectivity index (χ0v) is 18.4. The molecule has 0 aliphatic carbocycles. The number of rotatable bonds is 3. The summed E-state index contributed by atoms with van der Waals surface area (Å²) in [6, 6.07) is 13.6. The van der Waals surface area contributed by atoms with Crippen LogP contribution in [0.4, 0.5) is 16.2 Å². The Balaban J connectivity index is 1.49. The predicted molar refractivity (Wildman–Crippen MR) is 123 cm³/mol. The quantitative estimate of drug-likeness (QED) is 0.799. The molecule has 0 bridgehead atoms. The van der Waals surface area contributed by atoms with E-state index in [0.29, 0.717) is 19.1 Å². The van der Waals surface area contributed by atoms with Crippen molar-refractivity contribution in [3.05, 3.63) is 36.4 Å². The average molecular weight is 411 g/mol. The first kappa shape index (κ1) is 20.8. The lowest BCUT2D eigenvalue weighted by molar-refractivity contribution is 0.0240. The smallest absolute Gasteiger partial charge is 0.410 e. The summed E-state index contributed by atoms with van der Waals surface area (Å²) in [6.07, 6.45) is 2.10. The highest BCUT2D eigenvalue weighted by Gasteiger charge is 2.26. The molecule has 0 saturated carbocycles. The van der Waals surface area contributed by atoms with Crippen LogP contribution in [0.3, 0.4) is 0 Å². The van der Waals surface area contributed by atoms with E-state index in [1.165, 1.54) is 22.1 Å². The van der Waals surface area contributed by atoms with Crippen LogP contribution in [0.5, 0.6) is 0 Å².